The summed E-state index contributed by atoms with van der Waals surface area (Å²) in [7, 11) is -14.6. The van der Waals surface area contributed by atoms with Gasteiger partial charge in [0.25, 0.3) is 35.9 Å². The molecule has 0 aliphatic heterocycles. The first-order chi connectivity index (χ1) is 31.5. The molecule has 350 valence electrons. The van der Waals surface area contributed by atoms with E-state index in [1.165, 1.54) is 12.1 Å². The van der Waals surface area contributed by atoms with Crippen molar-refractivity contribution in [3.05, 3.63) is 100 Å². The number of aromatic hydroxyl groups is 1. The second-order valence-corrected chi connectivity index (χ2v) is 17.4. The molecule has 1 heterocycles. The van der Waals surface area contributed by atoms with Crippen LogP contribution >= 0.6 is 0 Å². The Hall–Kier alpha value is -7.84. The maximum Gasteiger partial charge on any atom is 0.356 e. The van der Waals surface area contributed by atoms with Crippen LogP contribution in [-0.4, -0.2) is 113 Å². The number of carboxylic acids is 2. The van der Waals surface area contributed by atoms with Gasteiger partial charge in [-0.1, -0.05) is 0 Å². The van der Waals surface area contributed by atoms with Crippen LogP contribution in [-0.2, 0) is 30.4 Å². The second-order valence-electron chi connectivity index (χ2n) is 13.2. The van der Waals surface area contributed by atoms with Crippen molar-refractivity contribution >= 4 is 87.2 Å². The van der Waals surface area contributed by atoms with Crippen LogP contribution in [0.4, 0.5) is 34.1 Å². The zero-order valence-corrected chi connectivity index (χ0v) is 35.7. The van der Waals surface area contributed by atoms with Crippen molar-refractivity contribution in [1.29, 1.82) is 0 Å². The number of carbonyl (C=O) groups is 2. The number of aliphatic hydroxyl groups is 2. The number of phenolic OH excluding ortho intramolecular Hbond substituents is 1. The van der Waals surface area contributed by atoms with Crippen molar-refractivity contribution in [3.63, 3.8) is 0 Å². The summed E-state index contributed by atoms with van der Waals surface area (Å²) in [4.78, 5) is 34.9. The Bertz CT molecular complexity index is 3460. The fourth-order valence-electron chi connectivity index (χ4n) is 5.80. The lowest BCUT2D eigenvalue weighted by atomic mass is 10.1. The van der Waals surface area contributed by atoms with Crippen molar-refractivity contribution in [3.8, 4) is 22.9 Å². The summed E-state index contributed by atoms with van der Waals surface area (Å²) in [5, 5.41) is 75.0. The van der Waals surface area contributed by atoms with E-state index in [-0.39, 0.29) is 51.6 Å². The van der Waals surface area contributed by atoms with Crippen molar-refractivity contribution < 1.29 is 83.5 Å². The molecule has 0 atom stereocenters. The predicted molar refractivity (Wildman–Crippen MR) is 226 cm³/mol. The molecule has 6 aromatic rings. The number of benzene rings is 5. The van der Waals surface area contributed by atoms with Gasteiger partial charge in [-0.3, -0.25) is 23.6 Å². The van der Waals surface area contributed by atoms with E-state index in [1.807, 2.05) is 0 Å². The van der Waals surface area contributed by atoms with Gasteiger partial charge >= 0.3 is 11.9 Å². The van der Waals surface area contributed by atoms with Crippen molar-refractivity contribution in [2.24, 2.45) is 30.7 Å². The summed E-state index contributed by atoms with van der Waals surface area (Å²) in [5.41, 5.74) is -5.16. The molecule has 1 aromatic heterocycles. The zero-order chi connectivity index (χ0) is 49.0. The number of hydrogen-bond donors (Lipinski definition) is 9. The number of aromatic nitrogens is 2. The molecule has 9 N–H and O–H groups in total. The van der Waals surface area contributed by atoms with Gasteiger partial charge in [0.05, 0.1) is 39.9 Å². The number of carboxylic acid groups (broad SMARTS) is 2. The number of nitrogens with zero attached hydrogens (tertiary/aromatic N) is 7. The van der Waals surface area contributed by atoms with Crippen LogP contribution in [0.3, 0.4) is 0 Å². The summed E-state index contributed by atoms with van der Waals surface area (Å²) in [6.45, 7) is -1.87. The van der Waals surface area contributed by atoms with Crippen LogP contribution < -0.4 is 15.0 Å². The van der Waals surface area contributed by atoms with E-state index >= 15 is 0 Å². The van der Waals surface area contributed by atoms with Crippen LogP contribution in [0.2, 0.25) is 0 Å². The highest BCUT2D eigenvalue weighted by Crippen LogP contribution is 2.45. The second kappa shape index (κ2) is 19.3. The molecule has 0 spiro atoms. The maximum absolute atomic E-state index is 13.2. The number of ether oxygens (including phenoxy) is 2. The number of aromatic amines is 1. The molecule has 6 rings (SSSR count). The Morgan fingerprint density at radius 2 is 1.16 bits per heavy atom. The number of fused-ring (bicyclic) bond motifs is 1. The minimum atomic E-state index is -5.24. The third-order valence-corrected chi connectivity index (χ3v) is 11.4. The average molecular weight is 987 g/mol. The number of aromatic carboxylic acids is 2. The highest BCUT2D eigenvalue weighted by atomic mass is 32.2. The number of H-pyrrole nitrogens is 1. The quantitative estimate of drug-likeness (QED) is 0.0397. The van der Waals surface area contributed by atoms with E-state index in [4.69, 9.17) is 9.47 Å². The molecular formula is C37H30N8O19S3. The van der Waals surface area contributed by atoms with Crippen molar-refractivity contribution in [1.82, 2.24) is 9.78 Å². The van der Waals surface area contributed by atoms with E-state index in [9.17, 15) is 78.8 Å². The van der Waals surface area contributed by atoms with Gasteiger partial charge in [-0.2, -0.15) is 30.4 Å². The molecule has 0 saturated heterocycles. The van der Waals surface area contributed by atoms with Gasteiger partial charge < -0.3 is 35.0 Å². The van der Waals surface area contributed by atoms with Crippen LogP contribution in [0, 0.1) is 0 Å². The normalized spacial score (nSPS) is 12.4. The summed E-state index contributed by atoms with van der Waals surface area (Å²) in [5.74, 6) is -4.66. The third kappa shape index (κ3) is 11.0. The number of rotatable bonds is 18. The molecule has 0 bridgehead atoms. The van der Waals surface area contributed by atoms with Crippen molar-refractivity contribution in [2.75, 3.05) is 26.4 Å². The highest BCUT2D eigenvalue weighted by Gasteiger charge is 2.25. The van der Waals surface area contributed by atoms with Gasteiger partial charge in [0.15, 0.2) is 17.1 Å². The highest BCUT2D eigenvalue weighted by molar-refractivity contribution is 7.86. The molecule has 30 heteroatoms. The molecule has 0 fully saturated rings. The molecule has 0 aliphatic carbocycles. The number of nitrogens with one attached hydrogen (secondary N) is 1. The summed E-state index contributed by atoms with van der Waals surface area (Å²) in [6, 6.07) is 13.1. The van der Waals surface area contributed by atoms with Crippen LogP contribution in [0.25, 0.3) is 16.5 Å². The molecule has 0 radical (unpaired) electrons. The maximum atomic E-state index is 13.2. The molecule has 27 nitrogen and oxygen atoms in total. The molecular weight excluding hydrogens is 957 g/mol. The molecule has 0 unspecified atom stereocenters. The van der Waals surface area contributed by atoms with E-state index in [0.717, 1.165) is 60.7 Å². The van der Waals surface area contributed by atoms with Gasteiger partial charge in [-0.15, -0.1) is 25.6 Å². The fourth-order valence-corrected chi connectivity index (χ4v) is 7.45. The topological polar surface area (TPSA) is 429 Å². The molecule has 0 saturated carbocycles. The van der Waals surface area contributed by atoms with E-state index in [1.54, 1.807) is 0 Å². The Balaban J connectivity index is 1.40. The molecule has 67 heavy (non-hydrogen) atoms. The Kier molecular flexibility index (Phi) is 14.0. The van der Waals surface area contributed by atoms with Crippen LogP contribution in [0.1, 0.15) is 20.8 Å². The Morgan fingerprint density at radius 1 is 0.612 bits per heavy atom. The minimum absolute atomic E-state index is 0.0551. The van der Waals surface area contributed by atoms with E-state index in [2.05, 4.69) is 35.8 Å². The molecule has 5 aromatic carbocycles. The van der Waals surface area contributed by atoms with Crippen LogP contribution in [0.5, 0.6) is 17.2 Å². The summed E-state index contributed by atoms with van der Waals surface area (Å²) >= 11 is 0. The van der Waals surface area contributed by atoms with Gasteiger partial charge in [0, 0.05) is 17.5 Å². The van der Waals surface area contributed by atoms with Gasteiger partial charge in [0.1, 0.15) is 52.4 Å². The first kappa shape index (κ1) is 48.6. The first-order valence-electron chi connectivity index (χ1n) is 18.2. The number of hydrogen-bond acceptors (Lipinski definition) is 20. The smallest absolute Gasteiger partial charge is 0.356 e. The minimum Gasteiger partial charge on any atom is -0.505 e. The monoisotopic (exact) mass is 986 g/mol. The first-order valence-corrected chi connectivity index (χ1v) is 22.5. The predicted octanol–water partition coefficient (Wildman–Crippen LogP) is 5.15. The number of azo groups is 3. The lowest BCUT2D eigenvalue weighted by molar-refractivity contribution is 0.0682. The summed E-state index contributed by atoms with van der Waals surface area (Å²) in [6.07, 6.45) is 0. The Labute approximate surface area is 374 Å². The molecule has 0 aliphatic rings. The number of phenols is 1. The van der Waals surface area contributed by atoms with E-state index in [0.29, 0.717) is 10.7 Å². The van der Waals surface area contributed by atoms with Gasteiger partial charge in [-0.05, 0) is 72.1 Å². The summed E-state index contributed by atoms with van der Waals surface area (Å²) < 4.78 is 112. The lowest BCUT2D eigenvalue weighted by Gasteiger charge is -2.13. The SMILES string of the molecule is O=C(O)c1cc(S(=O)(=O)O)ccc1N=Nc1cc(OCCO)c(N=Nc2c(S(=O)(=O)O)cc3cc(N=Nc4c(C(=O)O)[nH]n(-c5ccc(S(=O)(=O)O)cc5)c4=O)ccc3c2O)cc1OCCO. The number of aliphatic hydroxyl groups excluding tert-OH is 2. The third-order valence-electron chi connectivity index (χ3n) is 8.81. The van der Waals surface area contributed by atoms with Crippen LogP contribution in [0.15, 0.2) is 129 Å². The standard InChI is InChI=1S/C37H30N8O19S3/c46-9-11-63-28-17-27(29(64-12-10-47)16-26(28)40-39-25-8-6-22(66(57,58)59)15-24(25)36(50)51)41-42-31-30(67(60,61)62)14-18-13-19(1-7-23(18)34(31)48)38-43-32-33(37(52)53)44-45(35(32)49)20-2-4-21(5-3-20)65(54,55)56/h1-8,13-17,44,46-48H,9-12H2,(H,50,51)(H,52,53)(H,54,55,56)(H,57,58,59)(H,60,61,62). The Morgan fingerprint density at radius 3 is 1.70 bits per heavy atom. The van der Waals surface area contributed by atoms with Crippen molar-refractivity contribution in [2.45, 2.75) is 14.7 Å². The average Bonchev–Trinajstić information content (AvgIpc) is 3.60. The van der Waals surface area contributed by atoms with Gasteiger partial charge in [0.2, 0.25) is 0 Å². The lowest BCUT2D eigenvalue weighted by Crippen LogP contribution is -2.14. The fraction of sp³-hybridized carbons (Fsp3) is 0.108. The zero-order valence-electron chi connectivity index (χ0n) is 33.3. The van der Waals surface area contributed by atoms with Gasteiger partial charge in [-0.25, -0.2) is 14.3 Å². The molecule has 0 amide bonds. The van der Waals surface area contributed by atoms with E-state index < -0.39 is 116 Å². The largest absolute Gasteiger partial charge is 0.505 e.